The summed E-state index contributed by atoms with van der Waals surface area (Å²) >= 11 is 0. The van der Waals surface area contributed by atoms with Crippen LogP contribution in [-0.2, 0) is 10.0 Å². The molecule has 39 heavy (non-hydrogen) atoms. The number of carbonyl (C=O) groups is 1. The number of ether oxygens (including phenoxy) is 3. The number of aliphatic hydroxyl groups excluding tert-OH is 1. The molecule has 0 fully saturated rings. The molecule has 1 amide bonds. The van der Waals surface area contributed by atoms with Gasteiger partial charge in [0, 0.05) is 31.1 Å². The standard InChI is InChI=1S/C29H32N2O7S/c1-19-15-31(20(2)17-32)39(34,35)28-12-10-22(21-7-5-4-6-8-21)13-26(28)38-27(19)16-30(3)29(33)23-9-11-24-25(14-23)37-18-36-24/h4-14,19-20,27,32H,15-18H2,1-3H3/t19-,20-,27-/m1/s1. The second-order valence-corrected chi connectivity index (χ2v) is 11.9. The summed E-state index contributed by atoms with van der Waals surface area (Å²) in [4.78, 5) is 14.9. The van der Waals surface area contributed by atoms with Gasteiger partial charge in [0.15, 0.2) is 11.5 Å². The summed E-state index contributed by atoms with van der Waals surface area (Å²) in [6.07, 6.45) is -0.526. The summed E-state index contributed by atoms with van der Waals surface area (Å²) in [7, 11) is -2.27. The number of nitrogens with zero attached hydrogens (tertiary/aromatic N) is 2. The van der Waals surface area contributed by atoms with Gasteiger partial charge in [-0.15, -0.1) is 0 Å². The number of aliphatic hydroxyl groups is 1. The lowest BCUT2D eigenvalue weighted by molar-refractivity contribution is 0.0563. The third-order valence-corrected chi connectivity index (χ3v) is 9.21. The van der Waals surface area contributed by atoms with Crippen molar-refractivity contribution < 1.29 is 32.5 Å². The third-order valence-electron chi connectivity index (χ3n) is 7.19. The molecule has 5 rings (SSSR count). The van der Waals surface area contributed by atoms with Crippen LogP contribution in [0.1, 0.15) is 24.2 Å². The van der Waals surface area contributed by atoms with Gasteiger partial charge in [-0.25, -0.2) is 8.42 Å². The SMILES string of the molecule is C[C@@H]1CN([C@H](C)CO)S(=O)(=O)c2ccc(-c3ccccc3)cc2O[C@@H]1CN(C)C(=O)c1ccc2c(c1)OCO2. The second kappa shape index (κ2) is 10.9. The number of hydrogen-bond donors (Lipinski definition) is 1. The van der Waals surface area contributed by atoms with Crippen LogP contribution in [0.3, 0.4) is 0 Å². The van der Waals surface area contributed by atoms with Crippen LogP contribution in [0.4, 0.5) is 0 Å². The van der Waals surface area contributed by atoms with Crippen LogP contribution in [0.25, 0.3) is 11.1 Å². The highest BCUT2D eigenvalue weighted by atomic mass is 32.2. The molecular weight excluding hydrogens is 520 g/mol. The first-order valence-corrected chi connectivity index (χ1v) is 14.3. The summed E-state index contributed by atoms with van der Waals surface area (Å²) in [5, 5.41) is 9.88. The maximum atomic E-state index is 13.7. The molecule has 2 aliphatic rings. The topological polar surface area (TPSA) is 106 Å². The van der Waals surface area contributed by atoms with Crippen LogP contribution in [0.2, 0.25) is 0 Å². The number of likely N-dealkylation sites (N-methyl/N-ethyl adjacent to an activating group) is 1. The molecule has 10 heteroatoms. The Kier molecular flexibility index (Phi) is 7.53. The molecule has 2 aliphatic heterocycles. The highest BCUT2D eigenvalue weighted by Crippen LogP contribution is 2.37. The number of carbonyl (C=O) groups excluding carboxylic acids is 1. The van der Waals surface area contributed by atoms with E-state index in [4.69, 9.17) is 14.2 Å². The van der Waals surface area contributed by atoms with Crippen LogP contribution in [-0.4, -0.2) is 74.3 Å². The monoisotopic (exact) mass is 552 g/mol. The lowest BCUT2D eigenvalue weighted by Gasteiger charge is -2.37. The van der Waals surface area contributed by atoms with Crippen molar-refractivity contribution in [2.24, 2.45) is 5.92 Å². The van der Waals surface area contributed by atoms with E-state index in [9.17, 15) is 18.3 Å². The Balaban J connectivity index is 1.49. The van der Waals surface area contributed by atoms with Gasteiger partial charge in [0.1, 0.15) is 16.7 Å². The zero-order valence-electron chi connectivity index (χ0n) is 22.1. The highest BCUT2D eigenvalue weighted by Gasteiger charge is 2.38. The van der Waals surface area contributed by atoms with Gasteiger partial charge in [-0.1, -0.05) is 43.3 Å². The molecule has 3 atom stereocenters. The fraction of sp³-hybridized carbons (Fsp3) is 0.345. The zero-order chi connectivity index (χ0) is 27.7. The van der Waals surface area contributed by atoms with Crippen LogP contribution in [0, 0.1) is 5.92 Å². The van der Waals surface area contributed by atoms with Crippen molar-refractivity contribution in [1.82, 2.24) is 9.21 Å². The summed E-state index contributed by atoms with van der Waals surface area (Å²) in [6.45, 7) is 3.70. The molecule has 0 radical (unpaired) electrons. The maximum Gasteiger partial charge on any atom is 0.253 e. The number of benzene rings is 3. The lowest BCUT2D eigenvalue weighted by Crippen LogP contribution is -2.50. The van der Waals surface area contributed by atoms with Crippen LogP contribution in [0.15, 0.2) is 71.6 Å². The largest absolute Gasteiger partial charge is 0.487 e. The molecule has 0 bridgehead atoms. The zero-order valence-corrected chi connectivity index (χ0v) is 22.9. The minimum absolute atomic E-state index is 0.0316. The van der Waals surface area contributed by atoms with Gasteiger partial charge in [0.05, 0.1) is 13.2 Å². The summed E-state index contributed by atoms with van der Waals surface area (Å²) in [6, 6.07) is 19.1. The van der Waals surface area contributed by atoms with Crippen LogP contribution >= 0.6 is 0 Å². The molecule has 206 valence electrons. The predicted octanol–water partition coefficient (Wildman–Crippen LogP) is 3.62. The van der Waals surface area contributed by atoms with E-state index in [0.29, 0.717) is 17.1 Å². The molecule has 3 aromatic rings. The Hall–Kier alpha value is -3.60. The quantitative estimate of drug-likeness (QED) is 0.498. The summed E-state index contributed by atoms with van der Waals surface area (Å²) in [5.74, 6) is 0.807. The number of fused-ring (bicyclic) bond motifs is 2. The highest BCUT2D eigenvalue weighted by molar-refractivity contribution is 7.89. The maximum absolute atomic E-state index is 13.7. The molecule has 0 aliphatic carbocycles. The Bertz CT molecular complexity index is 1460. The molecule has 0 saturated carbocycles. The van der Waals surface area contributed by atoms with Crippen LogP contribution < -0.4 is 14.2 Å². The average molecular weight is 553 g/mol. The first-order valence-electron chi connectivity index (χ1n) is 12.8. The Morgan fingerprint density at radius 3 is 2.51 bits per heavy atom. The second-order valence-electron chi connectivity index (χ2n) is 10.0. The van der Waals surface area contributed by atoms with Crippen molar-refractivity contribution in [3.63, 3.8) is 0 Å². The van der Waals surface area contributed by atoms with Crippen molar-refractivity contribution in [3.05, 3.63) is 72.3 Å². The molecular formula is C29H32N2O7S. The average Bonchev–Trinajstić information content (AvgIpc) is 3.42. The molecule has 0 saturated heterocycles. The number of amides is 1. The van der Waals surface area contributed by atoms with Crippen molar-refractivity contribution >= 4 is 15.9 Å². The molecule has 3 aromatic carbocycles. The summed E-state index contributed by atoms with van der Waals surface area (Å²) in [5.41, 5.74) is 2.18. The summed E-state index contributed by atoms with van der Waals surface area (Å²) < 4.78 is 46.0. The van der Waals surface area contributed by atoms with Crippen molar-refractivity contribution in [2.45, 2.75) is 30.9 Å². The number of sulfonamides is 1. The van der Waals surface area contributed by atoms with Gasteiger partial charge < -0.3 is 24.2 Å². The molecule has 9 nitrogen and oxygen atoms in total. The Morgan fingerprint density at radius 1 is 1.03 bits per heavy atom. The molecule has 0 spiro atoms. The van der Waals surface area contributed by atoms with Gasteiger partial charge in [-0.2, -0.15) is 4.31 Å². The van der Waals surface area contributed by atoms with Crippen molar-refractivity contribution in [1.29, 1.82) is 0 Å². The van der Waals surface area contributed by atoms with Gasteiger partial charge >= 0.3 is 0 Å². The molecule has 0 unspecified atom stereocenters. The molecule has 1 N–H and O–H groups in total. The lowest BCUT2D eigenvalue weighted by atomic mass is 10.0. The van der Waals surface area contributed by atoms with E-state index in [-0.39, 0.29) is 49.0 Å². The van der Waals surface area contributed by atoms with E-state index in [1.165, 1.54) is 4.31 Å². The van der Waals surface area contributed by atoms with Crippen molar-refractivity contribution in [2.75, 3.05) is 33.5 Å². The minimum Gasteiger partial charge on any atom is -0.487 e. The van der Waals surface area contributed by atoms with Gasteiger partial charge in [-0.3, -0.25) is 4.79 Å². The predicted molar refractivity (Wildman–Crippen MR) is 145 cm³/mol. The first-order chi connectivity index (χ1) is 18.7. The van der Waals surface area contributed by atoms with E-state index in [0.717, 1.165) is 11.1 Å². The third kappa shape index (κ3) is 5.32. The Labute approximate surface area is 228 Å². The van der Waals surface area contributed by atoms with Gasteiger partial charge in [0.25, 0.3) is 5.91 Å². The van der Waals surface area contributed by atoms with Gasteiger partial charge in [-0.05, 0) is 48.4 Å². The van der Waals surface area contributed by atoms with E-state index in [1.807, 2.05) is 37.3 Å². The van der Waals surface area contributed by atoms with E-state index in [1.54, 1.807) is 55.3 Å². The van der Waals surface area contributed by atoms with E-state index >= 15 is 0 Å². The smallest absolute Gasteiger partial charge is 0.253 e. The Morgan fingerprint density at radius 2 is 1.77 bits per heavy atom. The fourth-order valence-electron chi connectivity index (χ4n) is 4.86. The fourth-order valence-corrected chi connectivity index (χ4v) is 6.68. The van der Waals surface area contributed by atoms with E-state index < -0.39 is 22.2 Å². The molecule has 0 aromatic heterocycles. The minimum atomic E-state index is -3.96. The van der Waals surface area contributed by atoms with Gasteiger partial charge in [0.2, 0.25) is 16.8 Å². The van der Waals surface area contributed by atoms with Crippen LogP contribution in [0.5, 0.6) is 17.2 Å². The first kappa shape index (κ1) is 27.0. The number of hydrogen-bond acceptors (Lipinski definition) is 7. The van der Waals surface area contributed by atoms with Crippen molar-refractivity contribution in [3.8, 4) is 28.4 Å². The number of rotatable bonds is 6. The normalized spacial score (nSPS) is 20.7. The van der Waals surface area contributed by atoms with E-state index in [2.05, 4.69) is 0 Å². The molecule has 2 heterocycles.